The number of hydrogen-bond donors (Lipinski definition) is 6. The van der Waals surface area contributed by atoms with Gasteiger partial charge in [0.1, 0.15) is 27.7 Å². The Kier molecular flexibility index (Phi) is 11.8. The Morgan fingerprint density at radius 3 is 1.94 bits per heavy atom. The van der Waals surface area contributed by atoms with E-state index in [1.807, 2.05) is 0 Å². The molecule has 0 saturated heterocycles. The Bertz CT molecular complexity index is 3210. The first kappa shape index (κ1) is 44.1. The Morgan fingerprint density at radius 1 is 0.710 bits per heavy atom. The molecule has 0 aromatic heterocycles. The van der Waals surface area contributed by atoms with E-state index in [2.05, 4.69) is 35.8 Å². The van der Waals surface area contributed by atoms with Gasteiger partial charge in [-0.2, -0.15) is 50.7 Å². The van der Waals surface area contributed by atoms with Crippen LogP contribution in [0.5, 0.6) is 11.5 Å². The summed E-state index contributed by atoms with van der Waals surface area (Å²) in [6.07, 6.45) is 0. The molecular formula is C35H26N8O16S3. The number of anilines is 1. The van der Waals surface area contributed by atoms with Crippen molar-refractivity contribution in [3.8, 4) is 11.5 Å². The van der Waals surface area contributed by atoms with Crippen LogP contribution in [-0.4, -0.2) is 90.9 Å². The summed E-state index contributed by atoms with van der Waals surface area (Å²) in [5.74, 6) is -5.02. The molecule has 320 valence electrons. The van der Waals surface area contributed by atoms with Crippen LogP contribution in [-0.2, 0) is 39.9 Å². The number of aliphatic carboxylic acids is 1. The molecule has 0 saturated carbocycles. The zero-order valence-corrected chi connectivity index (χ0v) is 33.6. The van der Waals surface area contributed by atoms with Crippen molar-refractivity contribution in [2.24, 2.45) is 35.8 Å². The lowest BCUT2D eigenvalue weighted by Crippen LogP contribution is -2.33. The lowest BCUT2D eigenvalue weighted by molar-refractivity contribution is -0.130. The molecule has 1 unspecified atom stereocenters. The SMILES string of the molecule is COc1cc(N=Nc2ccc(S(=O)(=O)O)cc2C(=O)O)c(C)cc1N=Nc1c(S(=O)(=O)O)cc2cc(N=NC3C(=O)N(c4ccc(S(=O)(=O)O)cc4)N=C3C(=O)O)ccc2c1O. The average Bonchev–Trinajstić information content (AvgIpc) is 3.53. The van der Waals surface area contributed by atoms with E-state index in [1.54, 1.807) is 0 Å². The quantitative estimate of drug-likeness (QED) is 0.0576. The summed E-state index contributed by atoms with van der Waals surface area (Å²) in [4.78, 5) is 34.8. The minimum Gasteiger partial charge on any atom is -0.505 e. The van der Waals surface area contributed by atoms with Crippen molar-refractivity contribution >= 4 is 98.8 Å². The minimum absolute atomic E-state index is 0.0350. The predicted molar refractivity (Wildman–Crippen MR) is 212 cm³/mol. The number of amides is 1. The molecule has 0 fully saturated rings. The van der Waals surface area contributed by atoms with Gasteiger partial charge in [0, 0.05) is 11.5 Å². The van der Waals surface area contributed by atoms with Crippen molar-refractivity contribution in [3.05, 3.63) is 90.0 Å². The zero-order chi connectivity index (χ0) is 45.5. The van der Waals surface area contributed by atoms with E-state index in [-0.39, 0.29) is 45.0 Å². The van der Waals surface area contributed by atoms with Crippen molar-refractivity contribution in [2.75, 3.05) is 12.1 Å². The number of aryl methyl sites for hydroxylation is 1. The molecule has 0 aliphatic carbocycles. The smallest absolute Gasteiger partial charge is 0.355 e. The summed E-state index contributed by atoms with van der Waals surface area (Å²) in [6, 6.07) is 12.2. The van der Waals surface area contributed by atoms with E-state index in [9.17, 15) is 68.6 Å². The van der Waals surface area contributed by atoms with Gasteiger partial charge in [0.05, 0.1) is 39.5 Å². The predicted octanol–water partition coefficient (Wildman–Crippen LogP) is 6.07. The third-order valence-corrected chi connectivity index (χ3v) is 11.2. The van der Waals surface area contributed by atoms with E-state index in [4.69, 9.17) is 4.74 Å². The van der Waals surface area contributed by atoms with Crippen LogP contribution in [0.1, 0.15) is 15.9 Å². The maximum atomic E-state index is 13.2. The molecule has 0 radical (unpaired) electrons. The highest BCUT2D eigenvalue weighted by molar-refractivity contribution is 7.86. The molecule has 6 rings (SSSR count). The fourth-order valence-corrected chi connectivity index (χ4v) is 7.27. The Hall–Kier alpha value is -7.43. The van der Waals surface area contributed by atoms with E-state index < -0.39 is 91.6 Å². The third kappa shape index (κ3) is 9.16. The molecular weight excluding hydrogens is 885 g/mol. The number of ether oxygens (including phenoxy) is 1. The number of carboxylic acid groups (broad SMARTS) is 2. The molecule has 27 heteroatoms. The first-order valence-electron chi connectivity index (χ1n) is 16.8. The highest BCUT2D eigenvalue weighted by Gasteiger charge is 2.41. The van der Waals surface area contributed by atoms with Crippen molar-refractivity contribution in [3.63, 3.8) is 0 Å². The molecule has 24 nitrogen and oxygen atoms in total. The average molecular weight is 911 g/mol. The Morgan fingerprint density at radius 2 is 1.34 bits per heavy atom. The molecule has 6 N–H and O–H groups in total. The highest BCUT2D eigenvalue weighted by Crippen LogP contribution is 2.44. The van der Waals surface area contributed by atoms with Gasteiger partial charge in [-0.15, -0.1) is 15.3 Å². The number of phenolic OH excluding ortho intramolecular Hbond substituents is 1. The fourth-order valence-electron chi connectivity index (χ4n) is 5.63. The molecule has 5 aromatic rings. The number of azo groups is 3. The number of hydrogen-bond acceptors (Lipinski definition) is 18. The van der Waals surface area contributed by atoms with Crippen molar-refractivity contribution in [1.82, 2.24) is 0 Å². The van der Waals surface area contributed by atoms with Crippen LogP contribution in [0.15, 0.2) is 129 Å². The van der Waals surface area contributed by atoms with E-state index in [0.29, 0.717) is 16.6 Å². The lowest BCUT2D eigenvalue weighted by atomic mass is 10.1. The molecule has 1 aliphatic heterocycles. The number of carbonyl (C=O) groups excluding carboxylic acids is 1. The van der Waals surface area contributed by atoms with Crippen LogP contribution < -0.4 is 9.75 Å². The Labute approximate surface area is 348 Å². The normalized spacial score (nSPS) is 15.0. The Balaban J connectivity index is 1.30. The van der Waals surface area contributed by atoms with Gasteiger partial charge in [0.2, 0.25) is 6.04 Å². The summed E-state index contributed by atoms with van der Waals surface area (Å²) >= 11 is 0. The summed E-state index contributed by atoms with van der Waals surface area (Å²) in [6.45, 7) is 1.53. The number of hydrazone groups is 1. The number of phenols is 1. The highest BCUT2D eigenvalue weighted by atomic mass is 32.2. The second-order valence-electron chi connectivity index (χ2n) is 12.6. The van der Waals surface area contributed by atoms with E-state index in [1.165, 1.54) is 44.4 Å². The maximum absolute atomic E-state index is 13.2. The van der Waals surface area contributed by atoms with Crippen molar-refractivity contribution in [2.45, 2.75) is 27.7 Å². The first-order valence-corrected chi connectivity index (χ1v) is 21.1. The largest absolute Gasteiger partial charge is 0.505 e. The number of benzene rings is 5. The monoisotopic (exact) mass is 910 g/mol. The minimum atomic E-state index is -5.14. The molecule has 1 atom stereocenters. The summed E-state index contributed by atoms with van der Waals surface area (Å²) in [5.41, 5.74) is -2.10. The summed E-state index contributed by atoms with van der Waals surface area (Å²) in [5, 5.41) is 58.3. The topological polar surface area (TPSA) is 374 Å². The van der Waals surface area contributed by atoms with Gasteiger partial charge >= 0.3 is 11.9 Å². The summed E-state index contributed by atoms with van der Waals surface area (Å²) in [7, 11) is -13.2. The second kappa shape index (κ2) is 16.6. The third-order valence-electron chi connectivity index (χ3n) is 8.63. The molecule has 1 heterocycles. The number of carboxylic acids is 2. The van der Waals surface area contributed by atoms with Gasteiger partial charge in [0.25, 0.3) is 36.3 Å². The molecule has 1 amide bonds. The van der Waals surface area contributed by atoms with Gasteiger partial charge in [-0.3, -0.25) is 18.5 Å². The molecule has 0 spiro atoms. The van der Waals surface area contributed by atoms with Crippen LogP contribution in [0, 0.1) is 6.92 Å². The molecule has 5 aromatic carbocycles. The van der Waals surface area contributed by atoms with Gasteiger partial charge in [-0.05, 0) is 90.7 Å². The fraction of sp³-hybridized carbons (Fsp3) is 0.0857. The van der Waals surface area contributed by atoms with Crippen molar-refractivity contribution in [1.29, 1.82) is 0 Å². The maximum Gasteiger partial charge on any atom is 0.355 e. The first-order chi connectivity index (χ1) is 29.0. The second-order valence-corrected chi connectivity index (χ2v) is 16.9. The molecule has 0 bridgehead atoms. The van der Waals surface area contributed by atoms with Crippen LogP contribution in [0.3, 0.4) is 0 Å². The number of fused-ring (bicyclic) bond motifs is 1. The van der Waals surface area contributed by atoms with Gasteiger partial charge in [0.15, 0.2) is 11.5 Å². The lowest BCUT2D eigenvalue weighted by Gasteiger charge is -2.12. The van der Waals surface area contributed by atoms with Gasteiger partial charge < -0.3 is 20.1 Å². The number of carbonyl (C=O) groups is 3. The zero-order valence-electron chi connectivity index (χ0n) is 31.2. The number of rotatable bonds is 13. The van der Waals surface area contributed by atoms with Crippen LogP contribution >= 0.6 is 0 Å². The number of nitrogens with zero attached hydrogens (tertiary/aromatic N) is 8. The molecule has 1 aliphatic rings. The van der Waals surface area contributed by atoms with Crippen LogP contribution in [0.4, 0.5) is 34.1 Å². The molecule has 62 heavy (non-hydrogen) atoms. The summed E-state index contributed by atoms with van der Waals surface area (Å²) < 4.78 is 105. The van der Waals surface area contributed by atoms with Crippen LogP contribution in [0.25, 0.3) is 10.8 Å². The number of aromatic hydroxyl groups is 1. The number of aromatic carboxylic acids is 1. The van der Waals surface area contributed by atoms with Crippen molar-refractivity contribution < 1.29 is 73.4 Å². The van der Waals surface area contributed by atoms with E-state index >= 15 is 0 Å². The van der Waals surface area contributed by atoms with Crippen LogP contribution in [0.2, 0.25) is 0 Å². The van der Waals surface area contributed by atoms with Gasteiger partial charge in [-0.25, -0.2) is 9.59 Å². The standard InChI is InChI=1S/C35H26N8O16S3/c1-16-11-26(27(59-2)15-25(16)38-37-24-10-8-21(61(53,54)55)14-23(24)34(46)47)39-40-29-28(62(56,57)58)13-17-12-18(3-9-22(17)32(29)44)36-41-30-31(35(48)49)42-43(33(30)45)19-4-6-20(7-5-19)60(50,51)52/h3-15,30,44H,1-2H3,(H,46,47)(H,48,49)(H,50,51,52)(H,53,54,55)(H,56,57,58). The van der Waals surface area contributed by atoms with E-state index in [0.717, 1.165) is 42.5 Å². The number of methoxy groups -OCH3 is 1. The van der Waals surface area contributed by atoms with Gasteiger partial charge in [-0.1, -0.05) is 0 Å².